The van der Waals surface area contributed by atoms with Crippen LogP contribution < -0.4 is 14.8 Å². The number of hydrogen-bond acceptors (Lipinski definition) is 4. The molecule has 2 rings (SSSR count). The number of nitriles is 1. The molecular weight excluding hydrogens is 240 g/mol. The van der Waals surface area contributed by atoms with Gasteiger partial charge in [0.15, 0.2) is 11.5 Å². The zero-order valence-corrected chi connectivity index (χ0v) is 11.5. The minimum absolute atomic E-state index is 0.306. The molecule has 1 aliphatic heterocycles. The highest BCUT2D eigenvalue weighted by Crippen LogP contribution is 2.32. The Morgan fingerprint density at radius 1 is 1.32 bits per heavy atom. The van der Waals surface area contributed by atoms with Gasteiger partial charge in [-0.15, -0.1) is 0 Å². The molecule has 0 aliphatic carbocycles. The second kappa shape index (κ2) is 6.44. The lowest BCUT2D eigenvalue weighted by molar-refractivity contribution is 0.297. The molecule has 102 valence electrons. The van der Waals surface area contributed by atoms with Gasteiger partial charge in [0, 0.05) is 12.5 Å². The average Bonchev–Trinajstić information content (AvgIpc) is 2.68. The zero-order chi connectivity index (χ0) is 13.7. The first-order valence-corrected chi connectivity index (χ1v) is 6.79. The van der Waals surface area contributed by atoms with Gasteiger partial charge < -0.3 is 9.47 Å². The van der Waals surface area contributed by atoms with Crippen LogP contribution in [0.2, 0.25) is 0 Å². The summed E-state index contributed by atoms with van der Waals surface area (Å²) in [6.07, 6.45) is 1.87. The van der Waals surface area contributed by atoms with Gasteiger partial charge in [0.25, 0.3) is 0 Å². The third-order valence-corrected chi connectivity index (χ3v) is 3.30. The van der Waals surface area contributed by atoms with Gasteiger partial charge in [-0.05, 0) is 31.0 Å². The molecule has 0 fully saturated rings. The fraction of sp³-hybridized carbons (Fsp3) is 0.533. The minimum atomic E-state index is -0.313. The molecule has 4 heteroatoms. The third kappa shape index (κ3) is 3.39. The van der Waals surface area contributed by atoms with Crippen molar-refractivity contribution < 1.29 is 9.47 Å². The highest BCUT2D eigenvalue weighted by molar-refractivity contribution is 5.45. The minimum Gasteiger partial charge on any atom is -0.490 e. The first kappa shape index (κ1) is 13.7. The molecule has 0 saturated heterocycles. The maximum Gasteiger partial charge on any atom is 0.161 e. The first-order chi connectivity index (χ1) is 9.24. The van der Waals surface area contributed by atoms with Crippen molar-refractivity contribution in [2.75, 3.05) is 13.2 Å². The summed E-state index contributed by atoms with van der Waals surface area (Å²) in [7, 11) is 0. The first-order valence-electron chi connectivity index (χ1n) is 6.79. The Bertz CT molecular complexity index is 468. The summed E-state index contributed by atoms with van der Waals surface area (Å²) in [5.41, 5.74) is 0.923. The topological polar surface area (TPSA) is 54.3 Å². The summed E-state index contributed by atoms with van der Waals surface area (Å²) in [6, 6.07) is 8.01. The van der Waals surface area contributed by atoms with Crippen LogP contribution in [0.25, 0.3) is 0 Å². The third-order valence-electron chi connectivity index (χ3n) is 3.30. The Kier molecular flexibility index (Phi) is 4.64. The summed E-state index contributed by atoms with van der Waals surface area (Å²) < 4.78 is 11.2. The smallest absolute Gasteiger partial charge is 0.161 e. The number of ether oxygens (including phenoxy) is 2. The predicted octanol–water partition coefficient (Wildman–Crippen LogP) is 2.80. The van der Waals surface area contributed by atoms with Gasteiger partial charge in [-0.1, -0.05) is 13.0 Å². The molecule has 4 nitrogen and oxygen atoms in total. The molecule has 1 N–H and O–H groups in total. The fourth-order valence-corrected chi connectivity index (χ4v) is 1.97. The lowest BCUT2D eigenvalue weighted by atomic mass is 10.1. The molecule has 0 amide bonds. The van der Waals surface area contributed by atoms with Gasteiger partial charge in [0.05, 0.1) is 19.3 Å². The van der Waals surface area contributed by atoms with Crippen molar-refractivity contribution in [3.63, 3.8) is 0 Å². The molecule has 2 unspecified atom stereocenters. The number of fused-ring (bicyclic) bond motifs is 1. The molecule has 1 aromatic rings. The summed E-state index contributed by atoms with van der Waals surface area (Å²) in [5.74, 6) is 1.50. The Balaban J connectivity index is 2.20. The number of nitrogens with zero attached hydrogens (tertiary/aromatic N) is 1. The monoisotopic (exact) mass is 260 g/mol. The SMILES string of the molecule is CCC(C)NC(C#N)c1ccc2c(c1)OCCCO2. The van der Waals surface area contributed by atoms with E-state index in [-0.39, 0.29) is 6.04 Å². The van der Waals surface area contributed by atoms with E-state index in [4.69, 9.17) is 9.47 Å². The molecule has 0 saturated carbocycles. The molecule has 2 atom stereocenters. The molecule has 19 heavy (non-hydrogen) atoms. The highest BCUT2D eigenvalue weighted by Gasteiger charge is 2.17. The van der Waals surface area contributed by atoms with E-state index in [2.05, 4.69) is 25.2 Å². The van der Waals surface area contributed by atoms with Gasteiger partial charge in [-0.3, -0.25) is 5.32 Å². The van der Waals surface area contributed by atoms with E-state index in [1.165, 1.54) is 0 Å². The normalized spacial score (nSPS) is 17.1. The molecular formula is C15H20N2O2. The molecule has 1 aliphatic rings. The van der Waals surface area contributed by atoms with E-state index in [1.807, 2.05) is 18.2 Å². The van der Waals surface area contributed by atoms with Crippen LogP contribution >= 0.6 is 0 Å². The van der Waals surface area contributed by atoms with Crippen molar-refractivity contribution in [2.24, 2.45) is 0 Å². The standard InChI is InChI=1S/C15H20N2O2/c1-3-11(2)17-13(10-16)12-5-6-14-15(9-12)19-8-4-7-18-14/h5-6,9,11,13,17H,3-4,7-8H2,1-2H3. The number of hydrogen-bond donors (Lipinski definition) is 1. The average molecular weight is 260 g/mol. The Morgan fingerprint density at radius 3 is 2.74 bits per heavy atom. The van der Waals surface area contributed by atoms with Crippen molar-refractivity contribution in [1.29, 1.82) is 5.26 Å². The highest BCUT2D eigenvalue weighted by atomic mass is 16.5. The summed E-state index contributed by atoms with van der Waals surface area (Å²) in [4.78, 5) is 0. The molecule has 0 radical (unpaired) electrons. The van der Waals surface area contributed by atoms with Crippen LogP contribution in [0.5, 0.6) is 11.5 Å². The van der Waals surface area contributed by atoms with Crippen molar-refractivity contribution in [3.05, 3.63) is 23.8 Å². The maximum atomic E-state index is 9.30. The second-order valence-electron chi connectivity index (χ2n) is 4.79. The van der Waals surface area contributed by atoms with Gasteiger partial charge in [0.1, 0.15) is 6.04 Å². The van der Waals surface area contributed by atoms with E-state index >= 15 is 0 Å². The van der Waals surface area contributed by atoms with Gasteiger partial charge >= 0.3 is 0 Å². The second-order valence-corrected chi connectivity index (χ2v) is 4.79. The maximum absolute atomic E-state index is 9.30. The number of nitrogens with one attached hydrogen (secondary N) is 1. The lowest BCUT2D eigenvalue weighted by Gasteiger charge is -2.18. The molecule has 0 aromatic heterocycles. The Morgan fingerprint density at radius 2 is 2.05 bits per heavy atom. The van der Waals surface area contributed by atoms with E-state index in [0.717, 1.165) is 29.9 Å². The lowest BCUT2D eigenvalue weighted by Crippen LogP contribution is -2.29. The van der Waals surface area contributed by atoms with Crippen LogP contribution in [0.4, 0.5) is 0 Å². The Hall–Kier alpha value is -1.73. The van der Waals surface area contributed by atoms with Crippen LogP contribution in [0, 0.1) is 11.3 Å². The van der Waals surface area contributed by atoms with Crippen LogP contribution in [0.3, 0.4) is 0 Å². The van der Waals surface area contributed by atoms with E-state index in [9.17, 15) is 5.26 Å². The van der Waals surface area contributed by atoms with Crippen molar-refractivity contribution >= 4 is 0 Å². The fourth-order valence-electron chi connectivity index (χ4n) is 1.97. The summed E-state index contributed by atoms with van der Waals surface area (Å²) in [5, 5.41) is 12.6. The zero-order valence-electron chi connectivity index (χ0n) is 11.5. The van der Waals surface area contributed by atoms with Crippen molar-refractivity contribution in [2.45, 2.75) is 38.8 Å². The van der Waals surface area contributed by atoms with Gasteiger partial charge in [-0.2, -0.15) is 5.26 Å². The number of benzene rings is 1. The van der Waals surface area contributed by atoms with Crippen molar-refractivity contribution in [3.8, 4) is 17.6 Å². The molecule has 1 heterocycles. The molecule has 1 aromatic carbocycles. The summed E-state index contributed by atoms with van der Waals surface area (Å²) in [6.45, 7) is 5.51. The largest absolute Gasteiger partial charge is 0.490 e. The Labute approximate surface area is 114 Å². The van der Waals surface area contributed by atoms with E-state index in [1.54, 1.807) is 0 Å². The van der Waals surface area contributed by atoms with E-state index < -0.39 is 0 Å². The van der Waals surface area contributed by atoms with Crippen LogP contribution in [0.15, 0.2) is 18.2 Å². The predicted molar refractivity (Wildman–Crippen MR) is 73.3 cm³/mol. The van der Waals surface area contributed by atoms with Gasteiger partial charge in [-0.25, -0.2) is 0 Å². The van der Waals surface area contributed by atoms with Crippen LogP contribution in [-0.4, -0.2) is 19.3 Å². The van der Waals surface area contributed by atoms with Gasteiger partial charge in [0.2, 0.25) is 0 Å². The summed E-state index contributed by atoms with van der Waals surface area (Å²) >= 11 is 0. The molecule has 0 spiro atoms. The van der Waals surface area contributed by atoms with E-state index in [0.29, 0.717) is 19.3 Å². The van der Waals surface area contributed by atoms with Crippen molar-refractivity contribution in [1.82, 2.24) is 5.32 Å². The quantitative estimate of drug-likeness (QED) is 0.904. The van der Waals surface area contributed by atoms with Crippen LogP contribution in [-0.2, 0) is 0 Å². The molecule has 0 bridgehead atoms. The van der Waals surface area contributed by atoms with Crippen LogP contribution in [0.1, 0.15) is 38.3 Å². The number of rotatable bonds is 4.